The maximum atomic E-state index is 14.1. The van der Waals surface area contributed by atoms with E-state index in [0.29, 0.717) is 52.9 Å². The minimum atomic E-state index is -0.523. The number of nitrogens with two attached hydrogens (primary N) is 1. The number of aliphatic imine (C=N–C) groups is 1. The molecular formula is C28H30N8O3. The van der Waals surface area contributed by atoms with Crippen LogP contribution < -0.4 is 27.2 Å². The highest BCUT2D eigenvalue weighted by molar-refractivity contribution is 6.10. The first-order valence-corrected chi connectivity index (χ1v) is 13.2. The number of benzene rings is 2. The van der Waals surface area contributed by atoms with Gasteiger partial charge in [-0.3, -0.25) is 19.1 Å². The number of anilines is 2. The molecule has 2 aliphatic heterocycles. The largest absolute Gasteiger partial charge is 0.341 e. The molecule has 2 aromatic carbocycles. The first-order chi connectivity index (χ1) is 19.0. The normalized spacial score (nSPS) is 17.5. The van der Waals surface area contributed by atoms with E-state index in [0.717, 1.165) is 19.4 Å². The summed E-state index contributed by atoms with van der Waals surface area (Å²) in [6.07, 6.45) is 1.86. The van der Waals surface area contributed by atoms with Gasteiger partial charge in [0.1, 0.15) is 6.54 Å². The van der Waals surface area contributed by atoms with Crippen LogP contribution in [0.25, 0.3) is 16.9 Å². The van der Waals surface area contributed by atoms with E-state index < -0.39 is 11.2 Å². The molecule has 2 aliphatic rings. The minimum absolute atomic E-state index is 0.0153. The van der Waals surface area contributed by atoms with Crippen LogP contribution >= 0.6 is 0 Å². The first-order valence-electron chi connectivity index (χ1n) is 13.2. The number of hydrogen-bond acceptors (Lipinski definition) is 7. The van der Waals surface area contributed by atoms with Crippen molar-refractivity contribution in [2.45, 2.75) is 38.9 Å². The highest BCUT2D eigenvalue weighted by Crippen LogP contribution is 2.25. The number of piperidine rings is 1. The van der Waals surface area contributed by atoms with Gasteiger partial charge in [0.05, 0.1) is 17.9 Å². The van der Waals surface area contributed by atoms with Gasteiger partial charge < -0.3 is 20.5 Å². The number of carbonyl (C=O) groups is 1. The molecule has 0 bridgehead atoms. The summed E-state index contributed by atoms with van der Waals surface area (Å²) in [5.74, 6) is 0.379. The monoisotopic (exact) mass is 526 g/mol. The topological polar surface area (TPSA) is 133 Å². The third kappa shape index (κ3) is 4.34. The molecule has 6 rings (SSSR count). The molecule has 1 fully saturated rings. The van der Waals surface area contributed by atoms with Crippen molar-refractivity contribution in [2.24, 2.45) is 10.7 Å². The van der Waals surface area contributed by atoms with Crippen molar-refractivity contribution in [1.82, 2.24) is 18.7 Å². The number of aryl methyl sites for hydroxylation is 1. The van der Waals surface area contributed by atoms with Crippen molar-refractivity contribution < 1.29 is 4.79 Å². The number of fused-ring (bicyclic) bond motifs is 2. The van der Waals surface area contributed by atoms with Gasteiger partial charge in [0, 0.05) is 36.9 Å². The molecule has 0 spiro atoms. The summed E-state index contributed by atoms with van der Waals surface area (Å²) in [7, 11) is 0. The first kappa shape index (κ1) is 24.8. The van der Waals surface area contributed by atoms with E-state index in [1.54, 1.807) is 6.07 Å². The molecule has 4 heterocycles. The van der Waals surface area contributed by atoms with Crippen molar-refractivity contribution >= 4 is 34.4 Å². The Bertz CT molecular complexity index is 1720. The van der Waals surface area contributed by atoms with Crippen LogP contribution in [0.15, 0.2) is 69.2 Å². The highest BCUT2D eigenvalue weighted by atomic mass is 16.2. The van der Waals surface area contributed by atoms with Crippen LogP contribution in [-0.2, 0) is 17.9 Å². The number of para-hydroxylation sites is 2. The fraction of sp³-hybridized carbons (Fsp3) is 0.321. The minimum Gasteiger partial charge on any atom is -0.341 e. The summed E-state index contributed by atoms with van der Waals surface area (Å²) >= 11 is 0. The SMILES string of the molecule is CCn1c(N2CCCC(N)C2)nc2c1c(=O)n(CC1=NCC(=O)Nc3ccccc31)c(=O)n2-c1ccccc1. The highest BCUT2D eigenvalue weighted by Gasteiger charge is 2.28. The Morgan fingerprint density at radius 2 is 1.79 bits per heavy atom. The van der Waals surface area contributed by atoms with E-state index in [1.165, 1.54) is 9.13 Å². The van der Waals surface area contributed by atoms with Gasteiger partial charge in [-0.25, -0.2) is 9.36 Å². The Kier molecular flexibility index (Phi) is 6.35. The van der Waals surface area contributed by atoms with Crippen LogP contribution in [0.5, 0.6) is 0 Å². The summed E-state index contributed by atoms with van der Waals surface area (Å²) < 4.78 is 4.56. The van der Waals surface area contributed by atoms with Gasteiger partial charge in [-0.15, -0.1) is 0 Å². The number of nitrogens with zero attached hydrogens (tertiary/aromatic N) is 6. The van der Waals surface area contributed by atoms with Gasteiger partial charge in [-0.2, -0.15) is 4.98 Å². The fourth-order valence-electron chi connectivity index (χ4n) is 5.47. The Balaban J connectivity index is 1.60. The van der Waals surface area contributed by atoms with Gasteiger partial charge >= 0.3 is 5.69 Å². The molecule has 1 unspecified atom stereocenters. The second-order valence-electron chi connectivity index (χ2n) is 9.88. The van der Waals surface area contributed by atoms with E-state index in [1.807, 2.05) is 60.0 Å². The van der Waals surface area contributed by atoms with Crippen molar-refractivity contribution in [3.8, 4) is 5.69 Å². The van der Waals surface area contributed by atoms with Crippen molar-refractivity contribution in [2.75, 3.05) is 29.9 Å². The maximum Gasteiger partial charge on any atom is 0.337 e. The number of carbonyl (C=O) groups excluding carboxylic acids is 1. The fourth-order valence-corrected chi connectivity index (χ4v) is 5.47. The standard InChI is InChI=1S/C28H30N8O3/c1-2-34-24-25(32-27(34)33-14-8-9-18(29)16-33)36(19-10-4-3-5-11-19)28(39)35(26(24)38)17-22-20-12-6-7-13-21(20)31-23(37)15-30-22/h3-7,10-13,18H,2,8-9,14-17,29H2,1H3,(H,31,37). The zero-order valence-corrected chi connectivity index (χ0v) is 21.7. The molecule has 0 saturated carbocycles. The molecule has 4 aromatic rings. The lowest BCUT2D eigenvalue weighted by molar-refractivity contribution is -0.114. The molecule has 3 N–H and O–H groups in total. The van der Waals surface area contributed by atoms with Crippen molar-refractivity contribution in [1.29, 1.82) is 0 Å². The van der Waals surface area contributed by atoms with Gasteiger partial charge in [0.2, 0.25) is 11.9 Å². The van der Waals surface area contributed by atoms with E-state index in [-0.39, 0.29) is 25.0 Å². The molecule has 1 saturated heterocycles. The van der Waals surface area contributed by atoms with Crippen LogP contribution in [0, 0.1) is 0 Å². The molecule has 1 atom stereocenters. The molecule has 0 radical (unpaired) electrons. The number of aromatic nitrogens is 4. The molecule has 1 amide bonds. The lowest BCUT2D eigenvalue weighted by Gasteiger charge is -2.31. The van der Waals surface area contributed by atoms with Gasteiger partial charge in [0.15, 0.2) is 11.2 Å². The van der Waals surface area contributed by atoms with Gasteiger partial charge in [-0.05, 0) is 38.0 Å². The second-order valence-corrected chi connectivity index (χ2v) is 9.88. The Morgan fingerprint density at radius 1 is 1.03 bits per heavy atom. The summed E-state index contributed by atoms with van der Waals surface area (Å²) in [5.41, 5.74) is 8.29. The third-order valence-corrected chi connectivity index (χ3v) is 7.32. The molecule has 2 aromatic heterocycles. The number of imidazole rings is 1. The lowest BCUT2D eigenvalue weighted by atomic mass is 10.1. The van der Waals surface area contributed by atoms with Crippen molar-refractivity contribution in [3.63, 3.8) is 0 Å². The quantitative estimate of drug-likeness (QED) is 0.407. The van der Waals surface area contributed by atoms with E-state index in [4.69, 9.17) is 10.7 Å². The molecule has 0 aliphatic carbocycles. The molecule has 11 heteroatoms. The summed E-state index contributed by atoms with van der Waals surface area (Å²) in [4.78, 5) is 51.9. The molecule has 200 valence electrons. The Hall–Kier alpha value is -4.51. The van der Waals surface area contributed by atoms with Gasteiger partial charge in [0.25, 0.3) is 5.56 Å². The lowest BCUT2D eigenvalue weighted by Crippen LogP contribution is -2.44. The summed E-state index contributed by atoms with van der Waals surface area (Å²) in [5, 5.41) is 2.84. The van der Waals surface area contributed by atoms with Crippen LogP contribution in [0.4, 0.5) is 11.6 Å². The number of rotatable bonds is 5. The molecule has 11 nitrogen and oxygen atoms in total. The van der Waals surface area contributed by atoms with Gasteiger partial charge in [-0.1, -0.05) is 36.4 Å². The number of hydrogen-bond donors (Lipinski definition) is 2. The summed E-state index contributed by atoms with van der Waals surface area (Å²) in [6.45, 7) is 3.66. The number of amides is 1. The maximum absolute atomic E-state index is 14.1. The third-order valence-electron chi connectivity index (χ3n) is 7.32. The Morgan fingerprint density at radius 3 is 2.56 bits per heavy atom. The average molecular weight is 527 g/mol. The zero-order chi connectivity index (χ0) is 27.1. The predicted octanol–water partition coefficient (Wildman–Crippen LogP) is 1.74. The van der Waals surface area contributed by atoms with E-state index >= 15 is 0 Å². The Labute approximate surface area is 224 Å². The zero-order valence-electron chi connectivity index (χ0n) is 21.7. The van der Waals surface area contributed by atoms with E-state index in [9.17, 15) is 14.4 Å². The number of nitrogens with one attached hydrogen (secondary N) is 1. The number of benzodiazepines with no additional fused rings is 1. The van der Waals surface area contributed by atoms with Crippen LogP contribution in [0.3, 0.4) is 0 Å². The van der Waals surface area contributed by atoms with E-state index in [2.05, 4.69) is 15.2 Å². The molecule has 39 heavy (non-hydrogen) atoms. The second kappa shape index (κ2) is 9.99. The summed E-state index contributed by atoms with van der Waals surface area (Å²) in [6, 6.07) is 16.5. The van der Waals surface area contributed by atoms with Crippen LogP contribution in [-0.4, -0.2) is 56.0 Å². The smallest absolute Gasteiger partial charge is 0.337 e. The van der Waals surface area contributed by atoms with Crippen LogP contribution in [0.1, 0.15) is 25.3 Å². The van der Waals surface area contributed by atoms with Crippen LogP contribution in [0.2, 0.25) is 0 Å². The predicted molar refractivity (Wildman–Crippen MR) is 151 cm³/mol. The van der Waals surface area contributed by atoms with Crippen molar-refractivity contribution in [3.05, 3.63) is 81.0 Å². The molecular weight excluding hydrogens is 496 g/mol. The average Bonchev–Trinajstić information content (AvgIpc) is 3.25.